The van der Waals surface area contributed by atoms with Gasteiger partial charge in [-0.2, -0.15) is 52.7 Å². The number of rotatable bonds is 14. The molecule has 0 N–H and O–H groups in total. The lowest BCUT2D eigenvalue weighted by molar-refractivity contribution is -0.266. The maximum Gasteiger partial charge on any atom is 0.380 e. The van der Waals surface area contributed by atoms with E-state index >= 15 is 52.7 Å². The highest BCUT2D eigenvalue weighted by Gasteiger charge is 2.86. The van der Waals surface area contributed by atoms with E-state index in [-0.39, 0.29) is 20.9 Å². The number of thiophene rings is 2. The highest BCUT2D eigenvalue weighted by Crippen LogP contribution is 2.78. The summed E-state index contributed by atoms with van der Waals surface area (Å²) < 4.78 is 197. The van der Waals surface area contributed by atoms with E-state index in [0.29, 0.717) is 115 Å². The van der Waals surface area contributed by atoms with Crippen LogP contribution in [0.2, 0.25) is 0 Å². The lowest BCUT2D eigenvalue weighted by Gasteiger charge is -2.52. The minimum atomic E-state index is -5.77. The number of allylic oxidation sites excluding steroid dienone is 6. The van der Waals surface area contributed by atoms with Crippen LogP contribution in [0, 0.1) is 25.7 Å². The quantitative estimate of drug-likeness (QED) is 0.0772. The van der Waals surface area contributed by atoms with Crippen molar-refractivity contribution in [2.24, 2.45) is 11.8 Å². The predicted molar refractivity (Wildman–Crippen MR) is 586 cm³/mol. The molecule has 150 heavy (non-hydrogen) atoms. The zero-order valence-electron chi connectivity index (χ0n) is 79.9. The average molecular weight is 2060 g/mol. The van der Waals surface area contributed by atoms with Gasteiger partial charge in [-0.1, -0.05) is 206 Å². The molecule has 0 saturated carbocycles. The van der Waals surface area contributed by atoms with Crippen LogP contribution in [0.25, 0.3) is 218 Å². The van der Waals surface area contributed by atoms with Crippen molar-refractivity contribution in [1.82, 2.24) is 39.9 Å². The number of fused-ring (bicyclic) bond motifs is 13. The van der Waals surface area contributed by atoms with Gasteiger partial charge in [-0.05, 0) is 237 Å². The topological polar surface area (TPSA) is 103 Å². The minimum Gasteiger partial charge on any atom is -0.263 e. The second kappa shape index (κ2) is 34.9. The second-order valence-corrected chi connectivity index (χ2v) is 44.4. The first-order valence-corrected chi connectivity index (χ1v) is 51.8. The minimum absolute atomic E-state index is 0.167. The smallest absolute Gasteiger partial charge is 0.263 e. The van der Waals surface area contributed by atoms with Crippen molar-refractivity contribution in [2.45, 2.75) is 72.7 Å². The Labute approximate surface area is 867 Å². The maximum absolute atomic E-state index is 16.9. The second-order valence-electron chi connectivity index (χ2n) is 38.9. The molecule has 0 saturated heterocycles. The Kier molecular flexibility index (Phi) is 21.8. The van der Waals surface area contributed by atoms with Crippen LogP contribution in [-0.4, -0.2) is 84.9 Å². The zero-order chi connectivity index (χ0) is 103. The Morgan fingerprint density at radius 2 is 0.467 bits per heavy atom. The van der Waals surface area contributed by atoms with Crippen molar-refractivity contribution in [2.75, 3.05) is 0 Å². The lowest BCUT2D eigenvalue weighted by atomic mass is 9.63. The van der Waals surface area contributed by atoms with E-state index in [1.54, 1.807) is 81.8 Å². The number of aromatic nitrogens is 8. The highest BCUT2D eigenvalue weighted by molar-refractivity contribution is 8.13. The Morgan fingerprint density at radius 1 is 0.233 bits per heavy atom. The molecular weight excluding hydrogens is 1980 g/mol. The standard InChI is InChI=1S/C63H40F6N4S2.C63H38F6N4S2/c1-59-50(31-52(74-59)40-25-39(49-34-70-33-38-14-6-7-15-45(38)49)26-42(27-40)56-46-16-8-3-11-35(46)19-22-71-56)54-55(62(66,67)63(68,69)61(54,64)65)51-32-53(75-60(51,59)2)41-28-43(57-47-17-9-4-12-36(47)20-23-72-57)30-44(29-41)58-48-18-10-5-13-37(48)21-24-73-58;1-35-51(33-53(74-35)41-27-43(57-47-15-7-3-11-37(47)19-23-70-57)31-44(28-41)58-48-16-8-4-12-38(48)20-24-71-58)55-56(62(66,67)63(68,69)61(55,64)65)52-34-54(75-36(52)2)42-29-45(59-49-17-9-5-13-39(49)21-25-72-59)32-46(30-42)60-50-18-10-6-14-40(50)22-26-73-60/h3-34,50-51H,1-2H3;3-34H,1-2H3. The van der Waals surface area contributed by atoms with Gasteiger partial charge in [-0.3, -0.25) is 39.9 Å². The van der Waals surface area contributed by atoms with Gasteiger partial charge in [-0.25, -0.2) is 0 Å². The summed E-state index contributed by atoms with van der Waals surface area (Å²) in [6.45, 7) is 6.57. The first kappa shape index (κ1) is 93.9. The molecule has 5 aliphatic rings. The number of hydrogen-bond acceptors (Lipinski definition) is 12. The summed E-state index contributed by atoms with van der Waals surface area (Å²) in [4.78, 5) is 40.5. The van der Waals surface area contributed by atoms with Gasteiger partial charge in [0.25, 0.3) is 0 Å². The summed E-state index contributed by atoms with van der Waals surface area (Å²) in [6.07, 6.45) is 18.7. The van der Waals surface area contributed by atoms with Gasteiger partial charge in [0.2, 0.25) is 0 Å². The Balaban J connectivity index is 0.000000151. The largest absolute Gasteiger partial charge is 0.380 e. The van der Waals surface area contributed by atoms with Gasteiger partial charge in [0.05, 0.1) is 39.9 Å². The molecule has 22 aromatic rings. The van der Waals surface area contributed by atoms with E-state index in [9.17, 15) is 0 Å². The van der Waals surface area contributed by atoms with Crippen molar-refractivity contribution < 1.29 is 52.7 Å². The number of nitrogens with zero attached hydrogens (tertiary/aromatic N) is 8. The monoisotopic (exact) mass is 2060 g/mol. The first-order valence-electron chi connectivity index (χ1n) is 48.6. The Hall–Kier alpha value is -15.9. The van der Waals surface area contributed by atoms with Gasteiger partial charge >= 0.3 is 35.5 Å². The molecular formula is C126H78F12N8S4. The number of aryl methyl sites for hydroxylation is 2. The summed E-state index contributed by atoms with van der Waals surface area (Å²) in [5.74, 6) is -35.4. The third-order valence-electron chi connectivity index (χ3n) is 30.3. The van der Waals surface area contributed by atoms with E-state index in [0.717, 1.165) is 126 Å². The predicted octanol–water partition coefficient (Wildman–Crippen LogP) is 35.9. The molecule has 12 aromatic carbocycles. The van der Waals surface area contributed by atoms with Crippen molar-refractivity contribution >= 4 is 153 Å². The van der Waals surface area contributed by atoms with Crippen LogP contribution in [0.1, 0.15) is 45.9 Å². The fourth-order valence-corrected chi connectivity index (χ4v) is 28.2. The molecule has 8 nitrogen and oxygen atoms in total. The highest BCUT2D eigenvalue weighted by atomic mass is 32.2. The Bertz CT molecular complexity index is 8680. The van der Waals surface area contributed by atoms with Crippen molar-refractivity contribution in [3.8, 4) is 111 Å². The third-order valence-corrected chi connectivity index (χ3v) is 36.1. The van der Waals surface area contributed by atoms with Gasteiger partial charge in [0, 0.05) is 216 Å². The first-order chi connectivity index (χ1) is 72.4. The molecule has 12 heterocycles. The molecule has 27 rings (SSSR count). The molecule has 24 heteroatoms. The molecule has 730 valence electrons. The maximum atomic E-state index is 16.9. The molecule has 3 aliphatic carbocycles. The number of halogens is 12. The van der Waals surface area contributed by atoms with Gasteiger partial charge in [0.1, 0.15) is 0 Å². The fourth-order valence-electron chi connectivity index (χ4n) is 22.9. The summed E-state index contributed by atoms with van der Waals surface area (Å²) in [5.41, 5.74) is 7.37. The van der Waals surface area contributed by atoms with Crippen LogP contribution in [0.5, 0.6) is 0 Å². The van der Waals surface area contributed by atoms with Gasteiger partial charge < -0.3 is 0 Å². The van der Waals surface area contributed by atoms with Crippen LogP contribution >= 0.6 is 46.2 Å². The number of alkyl halides is 12. The van der Waals surface area contributed by atoms with Crippen molar-refractivity contribution in [3.63, 3.8) is 0 Å². The summed E-state index contributed by atoms with van der Waals surface area (Å²) >= 11 is 4.70. The molecule has 4 atom stereocenters. The van der Waals surface area contributed by atoms with Crippen molar-refractivity contribution in [3.05, 3.63) is 433 Å². The average Bonchev–Trinajstić information content (AvgIpc) is 1.51. The molecule has 0 fully saturated rings. The number of pyridine rings is 8. The number of benzene rings is 12. The van der Waals surface area contributed by atoms with E-state index in [4.69, 9.17) is 34.9 Å². The normalized spacial score (nSPS) is 19.0. The van der Waals surface area contributed by atoms with E-state index in [1.807, 2.05) is 309 Å². The molecule has 4 unspecified atom stereocenters. The summed E-state index contributed by atoms with van der Waals surface area (Å²) in [7, 11) is 0. The van der Waals surface area contributed by atoms with E-state index in [2.05, 4.69) is 4.98 Å². The van der Waals surface area contributed by atoms with Gasteiger partial charge in [-0.15, -0.1) is 46.2 Å². The molecule has 0 amide bonds. The SMILES string of the molecule is CC12SC(c3cc(-c4cncc5ccccc45)cc(-c4nccc5ccccc45)c3)=CC1C1=C(C3C=C(c4cc(-c5nccc6ccccc56)cc(-c5nccc6ccccc56)c4)SC32C)C(F)(F)C(F)(F)C1(F)F.Cc1sc(-c2cc(-c3nccc4ccccc34)cc(-c3nccc4ccccc34)c2)cc1C1=C(c2cc(-c3cc(-c4nccc5ccccc45)cc(-c4nccc5ccccc45)c3)sc2C)C(F)(F)C(F)(F)C1(F)F. The van der Waals surface area contributed by atoms with Gasteiger partial charge in [0.15, 0.2) is 0 Å². The number of hydrogen-bond donors (Lipinski definition) is 0. The molecule has 0 bridgehead atoms. The van der Waals surface area contributed by atoms with Crippen LogP contribution in [0.15, 0.2) is 401 Å². The summed E-state index contributed by atoms with van der Waals surface area (Å²) in [6, 6.07) is 102. The Morgan fingerprint density at radius 3 is 0.753 bits per heavy atom. The van der Waals surface area contributed by atoms with Crippen LogP contribution in [0.3, 0.4) is 0 Å². The fraction of sp³-hybridized carbons (Fsp3) is 0.111. The third kappa shape index (κ3) is 14.6. The lowest BCUT2D eigenvalue weighted by Crippen LogP contribution is -2.56. The van der Waals surface area contributed by atoms with Crippen LogP contribution in [-0.2, 0) is 0 Å². The summed E-state index contributed by atoms with van der Waals surface area (Å²) in [5, 5.41) is 14.6. The van der Waals surface area contributed by atoms with E-state index in [1.165, 1.54) is 49.5 Å². The van der Waals surface area contributed by atoms with Crippen molar-refractivity contribution in [1.29, 1.82) is 0 Å². The molecule has 0 radical (unpaired) electrons. The molecule has 10 aromatic heterocycles. The van der Waals surface area contributed by atoms with E-state index < -0.39 is 79.2 Å². The zero-order valence-corrected chi connectivity index (χ0v) is 83.1. The number of thioether (sulfide) groups is 2. The van der Waals surface area contributed by atoms with Crippen LogP contribution < -0.4 is 0 Å². The van der Waals surface area contributed by atoms with Crippen LogP contribution in [0.4, 0.5) is 52.7 Å². The molecule has 2 aliphatic heterocycles. The molecule has 0 spiro atoms.